The number of piperazine rings is 1. The number of halogens is 2. The van der Waals surface area contributed by atoms with Gasteiger partial charge in [0.2, 0.25) is 17.7 Å². The molecule has 18 heteroatoms. The molecule has 344 valence electrons. The van der Waals surface area contributed by atoms with Crippen LogP contribution in [0.2, 0.25) is 10.0 Å². The Bertz CT molecular complexity index is 2320. The minimum absolute atomic E-state index is 0.0821. The quantitative estimate of drug-likeness (QED) is 0.125. The number of ether oxygens (including phenoxy) is 2. The summed E-state index contributed by atoms with van der Waals surface area (Å²) in [5, 5.41) is 8.75. The molecule has 4 aliphatic heterocycles. The second kappa shape index (κ2) is 20.6. The highest BCUT2D eigenvalue weighted by Crippen LogP contribution is 2.44. The Labute approximate surface area is 389 Å². The van der Waals surface area contributed by atoms with Gasteiger partial charge in [0.05, 0.1) is 25.8 Å². The number of hydrogen-bond donors (Lipinski definition) is 3. The molecule has 4 aromatic rings. The van der Waals surface area contributed by atoms with E-state index in [0.29, 0.717) is 60.9 Å². The van der Waals surface area contributed by atoms with Gasteiger partial charge in [-0.1, -0.05) is 35.3 Å². The van der Waals surface area contributed by atoms with Gasteiger partial charge >= 0.3 is 6.03 Å². The molecule has 3 aromatic carbocycles. The highest BCUT2D eigenvalue weighted by molar-refractivity contribution is 6.41. The third-order valence-electron chi connectivity index (χ3n) is 13.2. The summed E-state index contributed by atoms with van der Waals surface area (Å²) in [6.45, 7) is 7.96. The first kappa shape index (κ1) is 45.7. The summed E-state index contributed by atoms with van der Waals surface area (Å²) in [5.74, 6) is 1.79. The summed E-state index contributed by atoms with van der Waals surface area (Å²) in [5.41, 5.74) is 4.19. The number of imide groups is 1. The zero-order valence-electron chi connectivity index (χ0n) is 37.0. The first-order valence-corrected chi connectivity index (χ1v) is 23.0. The Kier molecular flexibility index (Phi) is 14.5. The molecule has 0 bridgehead atoms. The fourth-order valence-electron chi connectivity index (χ4n) is 9.27. The van der Waals surface area contributed by atoms with E-state index in [2.05, 4.69) is 69.8 Å². The number of likely N-dealkylation sites (tertiary alicyclic amines) is 1. The molecule has 4 saturated heterocycles. The molecular weight excluding hydrogens is 871 g/mol. The Morgan fingerprint density at radius 3 is 2.02 bits per heavy atom. The van der Waals surface area contributed by atoms with Gasteiger partial charge in [0.25, 0.3) is 0 Å². The normalized spacial score (nSPS) is 18.8. The lowest BCUT2D eigenvalue weighted by atomic mass is 9.90. The van der Waals surface area contributed by atoms with Crippen molar-refractivity contribution in [3.05, 3.63) is 82.6 Å². The van der Waals surface area contributed by atoms with Gasteiger partial charge in [-0.15, -0.1) is 0 Å². The largest absolute Gasteiger partial charge is 0.495 e. The van der Waals surface area contributed by atoms with Crippen molar-refractivity contribution in [1.29, 1.82) is 0 Å². The maximum Gasteiger partial charge on any atom is 0.327 e. The van der Waals surface area contributed by atoms with E-state index in [1.807, 2.05) is 24.3 Å². The van der Waals surface area contributed by atoms with Crippen molar-refractivity contribution in [3.8, 4) is 11.5 Å². The van der Waals surface area contributed by atoms with Crippen LogP contribution in [0.25, 0.3) is 0 Å². The number of benzene rings is 3. The smallest absolute Gasteiger partial charge is 0.327 e. The van der Waals surface area contributed by atoms with Crippen LogP contribution >= 0.6 is 23.2 Å². The van der Waals surface area contributed by atoms with E-state index in [9.17, 15) is 19.2 Å². The molecule has 1 unspecified atom stereocenters. The average Bonchev–Trinajstić information content (AvgIpc) is 3.33. The van der Waals surface area contributed by atoms with Gasteiger partial charge < -0.3 is 39.7 Å². The predicted molar refractivity (Wildman–Crippen MR) is 253 cm³/mol. The van der Waals surface area contributed by atoms with E-state index < -0.39 is 6.03 Å². The summed E-state index contributed by atoms with van der Waals surface area (Å²) in [6.07, 6.45) is 6.41. The molecule has 0 radical (unpaired) electrons. The van der Waals surface area contributed by atoms with Crippen LogP contribution in [-0.4, -0.2) is 124 Å². The van der Waals surface area contributed by atoms with E-state index >= 15 is 0 Å². The van der Waals surface area contributed by atoms with Gasteiger partial charge in [0.1, 0.15) is 39.5 Å². The molecule has 1 aromatic heterocycles. The van der Waals surface area contributed by atoms with Crippen molar-refractivity contribution >= 4 is 81.3 Å². The molecule has 65 heavy (non-hydrogen) atoms. The number of nitrogens with one attached hydrogen (secondary N) is 3. The number of methoxy groups -OCH3 is 2. The van der Waals surface area contributed by atoms with Crippen LogP contribution in [0.3, 0.4) is 0 Å². The third-order valence-corrected chi connectivity index (χ3v) is 13.9. The fourth-order valence-corrected chi connectivity index (χ4v) is 9.86. The van der Waals surface area contributed by atoms with E-state index in [-0.39, 0.29) is 39.4 Å². The Balaban J connectivity index is 0.748. The summed E-state index contributed by atoms with van der Waals surface area (Å²) in [6, 6.07) is 19.0. The van der Waals surface area contributed by atoms with Crippen molar-refractivity contribution in [2.45, 2.75) is 44.4 Å². The van der Waals surface area contributed by atoms with Crippen LogP contribution in [-0.2, 0) is 14.4 Å². The fraction of sp³-hybridized carbons (Fsp3) is 0.447. The molecule has 1 atom stereocenters. The maximum absolute atomic E-state index is 13.7. The molecule has 4 aliphatic rings. The number of amides is 5. The third kappa shape index (κ3) is 10.7. The van der Waals surface area contributed by atoms with Crippen molar-refractivity contribution < 1.29 is 28.7 Å². The van der Waals surface area contributed by atoms with Crippen LogP contribution in [0.15, 0.2) is 67.0 Å². The van der Waals surface area contributed by atoms with Gasteiger partial charge in [-0.25, -0.2) is 14.8 Å². The maximum atomic E-state index is 13.7. The SMILES string of the molecule is COc1cc(OC)c(Cl)c(NC(=O)N(C)c2cc(Nc3ccc(N4CCN(C(=O)C5CCN(CC6CCN(c7ccc(C8CCC(=O)NC8=O)cc7)CC6)CC5)CC4)cc3)ncn2)c1Cl. The molecule has 3 N–H and O–H groups in total. The zero-order chi connectivity index (χ0) is 45.6. The second-order valence-electron chi connectivity index (χ2n) is 17.1. The molecule has 16 nitrogen and oxygen atoms in total. The first-order chi connectivity index (χ1) is 31.5. The van der Waals surface area contributed by atoms with Crippen LogP contribution in [0, 0.1) is 11.8 Å². The van der Waals surface area contributed by atoms with Crippen LogP contribution < -0.4 is 40.1 Å². The number of rotatable bonds is 12. The summed E-state index contributed by atoms with van der Waals surface area (Å²) >= 11 is 12.9. The number of anilines is 6. The van der Waals surface area contributed by atoms with Crippen LogP contribution in [0.1, 0.15) is 50.0 Å². The zero-order valence-corrected chi connectivity index (χ0v) is 38.5. The lowest BCUT2D eigenvalue weighted by Crippen LogP contribution is -2.52. The van der Waals surface area contributed by atoms with E-state index in [1.165, 1.54) is 37.2 Å². The number of hydrogen-bond acceptors (Lipinski definition) is 12. The molecule has 5 heterocycles. The topological polar surface area (TPSA) is 165 Å². The average molecular weight is 928 g/mol. The van der Waals surface area contributed by atoms with Gasteiger partial charge in [-0.2, -0.15) is 0 Å². The van der Waals surface area contributed by atoms with Crippen molar-refractivity contribution in [3.63, 3.8) is 0 Å². The lowest BCUT2D eigenvalue weighted by molar-refractivity contribution is -0.137. The number of urea groups is 1. The number of nitrogens with zero attached hydrogens (tertiary/aromatic N) is 7. The highest BCUT2D eigenvalue weighted by atomic mass is 35.5. The van der Waals surface area contributed by atoms with Crippen LogP contribution in [0.4, 0.5) is 39.2 Å². The van der Waals surface area contributed by atoms with E-state index in [1.54, 1.807) is 13.1 Å². The Hall–Kier alpha value is -5.84. The van der Waals surface area contributed by atoms with Crippen LogP contribution in [0.5, 0.6) is 11.5 Å². The van der Waals surface area contributed by atoms with Crippen molar-refractivity contribution in [2.24, 2.45) is 11.8 Å². The predicted octanol–water partition coefficient (Wildman–Crippen LogP) is 7.01. The molecule has 0 aliphatic carbocycles. The Morgan fingerprint density at radius 2 is 1.40 bits per heavy atom. The van der Waals surface area contributed by atoms with Gasteiger partial charge in [0.15, 0.2) is 0 Å². The van der Waals surface area contributed by atoms with Gasteiger partial charge in [-0.05, 0) is 93.1 Å². The van der Waals surface area contributed by atoms with Gasteiger partial charge in [-0.3, -0.25) is 24.6 Å². The van der Waals surface area contributed by atoms with E-state index in [4.69, 9.17) is 32.7 Å². The molecular formula is C47H56Cl2N10O6. The standard InChI is InChI=1S/C47H56Cl2N10O6/c1-55(47(63)54-44-42(48)37(64-2)26-38(65-3)43(44)49)40-27-39(50-29-51-40)52-33-6-10-35(11-7-33)58-22-24-59(25-23-58)46(62)32-16-18-56(19-17-32)28-30-14-20-57(21-15-30)34-8-4-31(5-9-34)36-12-13-41(60)53-45(36)61/h4-11,26-27,29-30,32,36H,12-25,28H2,1-3H3,(H,54,63)(H,50,51,52)(H,53,60,61). The molecule has 5 amide bonds. The van der Waals surface area contributed by atoms with E-state index in [0.717, 1.165) is 88.4 Å². The van der Waals surface area contributed by atoms with Crippen molar-refractivity contribution in [2.75, 3.05) is 106 Å². The number of piperidine rings is 3. The lowest BCUT2D eigenvalue weighted by Gasteiger charge is -2.40. The molecule has 8 rings (SSSR count). The Morgan fingerprint density at radius 1 is 0.785 bits per heavy atom. The molecule has 4 fully saturated rings. The highest BCUT2D eigenvalue weighted by Gasteiger charge is 2.33. The number of carbonyl (C=O) groups excluding carboxylic acids is 4. The minimum Gasteiger partial charge on any atom is -0.495 e. The summed E-state index contributed by atoms with van der Waals surface area (Å²) < 4.78 is 10.6. The molecule has 0 saturated carbocycles. The summed E-state index contributed by atoms with van der Waals surface area (Å²) in [7, 11) is 4.48. The monoisotopic (exact) mass is 926 g/mol. The van der Waals surface area contributed by atoms with Gasteiger partial charge in [0, 0.05) is 94.4 Å². The minimum atomic E-state index is -0.541. The number of aromatic nitrogens is 2. The van der Waals surface area contributed by atoms with Crippen molar-refractivity contribution in [1.82, 2.24) is 25.1 Å². The second-order valence-corrected chi connectivity index (χ2v) is 17.9. The molecule has 0 spiro atoms. The summed E-state index contributed by atoms with van der Waals surface area (Å²) in [4.78, 5) is 70.1. The number of carbonyl (C=O) groups is 4. The first-order valence-electron chi connectivity index (χ1n) is 22.3.